The number of aryl methyl sites for hydroxylation is 1. The highest BCUT2D eigenvalue weighted by molar-refractivity contribution is 7.13. The second-order valence-electron chi connectivity index (χ2n) is 8.51. The predicted octanol–water partition coefficient (Wildman–Crippen LogP) is 6.80. The fraction of sp³-hybridized carbons (Fsp3) is 0.259. The normalized spacial score (nSPS) is 11.2. The molecule has 0 fully saturated rings. The zero-order valence-electron chi connectivity index (χ0n) is 19.3. The van der Waals surface area contributed by atoms with E-state index in [1.165, 1.54) is 18.6 Å². The molecule has 0 saturated heterocycles. The Morgan fingerprint density at radius 2 is 1.85 bits per heavy atom. The summed E-state index contributed by atoms with van der Waals surface area (Å²) in [7, 11) is 1.33. The molecule has 0 aliphatic rings. The second kappa shape index (κ2) is 10.5. The molecule has 0 N–H and O–H groups in total. The molecule has 0 saturated carbocycles. The minimum Gasteiger partial charge on any atom is -0.489 e. The molecule has 4 rings (SSSR count). The van der Waals surface area contributed by atoms with E-state index in [4.69, 9.17) is 21.1 Å². The third-order valence-electron chi connectivity index (χ3n) is 5.57. The van der Waals surface area contributed by atoms with Gasteiger partial charge in [-0.1, -0.05) is 61.2 Å². The van der Waals surface area contributed by atoms with E-state index < -0.39 is 5.97 Å². The summed E-state index contributed by atoms with van der Waals surface area (Å²) >= 11 is 7.63. The Hall–Kier alpha value is -3.09. The first-order valence-corrected chi connectivity index (χ1v) is 12.2. The average molecular weight is 496 g/mol. The quantitative estimate of drug-likeness (QED) is 0.252. The van der Waals surface area contributed by atoms with Gasteiger partial charge in [0.05, 0.1) is 27.8 Å². The largest absolute Gasteiger partial charge is 0.489 e. The van der Waals surface area contributed by atoms with Crippen molar-refractivity contribution >= 4 is 39.2 Å². The molecular formula is C27H26ClNO4S. The maximum absolute atomic E-state index is 12.6. The van der Waals surface area contributed by atoms with Crippen LogP contribution in [0.15, 0.2) is 65.5 Å². The summed E-state index contributed by atoms with van der Waals surface area (Å²) in [4.78, 5) is 24.6. The molecule has 7 heteroatoms. The van der Waals surface area contributed by atoms with E-state index in [1.807, 2.05) is 52.5 Å². The highest BCUT2D eigenvalue weighted by Crippen LogP contribution is 2.28. The van der Waals surface area contributed by atoms with Crippen LogP contribution in [-0.4, -0.2) is 17.0 Å². The van der Waals surface area contributed by atoms with E-state index in [1.54, 1.807) is 12.1 Å². The molecule has 0 bridgehead atoms. The number of aromatic nitrogens is 1. The van der Waals surface area contributed by atoms with Crippen LogP contribution in [0, 0.1) is 5.92 Å². The lowest BCUT2D eigenvalue weighted by atomic mass is 10.0. The molecule has 5 nitrogen and oxygen atoms in total. The number of ether oxygens (including phenoxy) is 2. The zero-order valence-corrected chi connectivity index (χ0v) is 20.9. The van der Waals surface area contributed by atoms with Crippen molar-refractivity contribution in [3.05, 3.63) is 87.2 Å². The third kappa shape index (κ3) is 5.34. The lowest BCUT2D eigenvalue weighted by Gasteiger charge is -2.10. The van der Waals surface area contributed by atoms with Crippen LogP contribution in [-0.2, 0) is 17.9 Å². The summed E-state index contributed by atoms with van der Waals surface area (Å²) in [5.74, 6) is 0.795. The number of hydrogen-bond donors (Lipinski definition) is 0. The van der Waals surface area contributed by atoms with Crippen molar-refractivity contribution in [2.75, 3.05) is 7.11 Å². The number of carbonyl (C=O) groups is 1. The molecule has 0 unspecified atom stereocenters. The first kappa shape index (κ1) is 24.0. The number of esters is 1. The summed E-state index contributed by atoms with van der Waals surface area (Å²) in [6, 6.07) is 18.8. The number of carbonyl (C=O) groups excluding carboxylic acids is 1. The highest BCUT2D eigenvalue weighted by atomic mass is 35.5. The lowest BCUT2D eigenvalue weighted by molar-refractivity contribution is 0.0601. The molecule has 0 radical (unpaired) electrons. The van der Waals surface area contributed by atoms with Gasteiger partial charge in [-0.05, 0) is 65.4 Å². The van der Waals surface area contributed by atoms with Crippen LogP contribution in [0.1, 0.15) is 36.2 Å². The van der Waals surface area contributed by atoms with Gasteiger partial charge in [0, 0.05) is 6.54 Å². The SMILES string of the molecule is COC(=O)c1cc(-c2cccc(COc3ccc4c(=O)n(CCC(C)C)sc4c3)c2)ccc1Cl. The number of benzene rings is 3. The summed E-state index contributed by atoms with van der Waals surface area (Å²) in [6.45, 7) is 5.43. The van der Waals surface area contributed by atoms with Gasteiger partial charge in [-0.25, -0.2) is 4.79 Å². The van der Waals surface area contributed by atoms with E-state index >= 15 is 0 Å². The monoisotopic (exact) mass is 495 g/mol. The molecule has 0 amide bonds. The van der Waals surface area contributed by atoms with E-state index in [-0.39, 0.29) is 5.56 Å². The summed E-state index contributed by atoms with van der Waals surface area (Å²) in [5, 5.41) is 1.08. The van der Waals surface area contributed by atoms with Gasteiger partial charge >= 0.3 is 5.97 Å². The molecule has 176 valence electrons. The number of methoxy groups -OCH3 is 1. The van der Waals surface area contributed by atoms with E-state index in [9.17, 15) is 9.59 Å². The number of hydrogen-bond acceptors (Lipinski definition) is 5. The summed E-state index contributed by atoms with van der Waals surface area (Å²) in [6.07, 6.45) is 0.973. The summed E-state index contributed by atoms with van der Waals surface area (Å²) < 4.78 is 13.6. The maximum Gasteiger partial charge on any atom is 0.339 e. The van der Waals surface area contributed by atoms with E-state index in [2.05, 4.69) is 13.8 Å². The van der Waals surface area contributed by atoms with Crippen molar-refractivity contribution in [1.29, 1.82) is 0 Å². The zero-order chi connectivity index (χ0) is 24.2. The average Bonchev–Trinajstić information content (AvgIpc) is 3.16. The van der Waals surface area contributed by atoms with Gasteiger partial charge in [-0.15, -0.1) is 0 Å². The minimum atomic E-state index is -0.470. The van der Waals surface area contributed by atoms with Gasteiger partial charge in [0.15, 0.2) is 0 Å². The predicted molar refractivity (Wildman–Crippen MR) is 138 cm³/mol. The molecule has 0 spiro atoms. The van der Waals surface area contributed by atoms with Crippen LogP contribution in [0.5, 0.6) is 5.75 Å². The van der Waals surface area contributed by atoms with Gasteiger partial charge in [0.25, 0.3) is 5.56 Å². The fourth-order valence-electron chi connectivity index (χ4n) is 3.64. The highest BCUT2D eigenvalue weighted by Gasteiger charge is 2.13. The minimum absolute atomic E-state index is 0.0641. The molecular weight excluding hydrogens is 470 g/mol. The Balaban J connectivity index is 1.51. The molecule has 0 aliphatic heterocycles. The molecule has 1 aromatic heterocycles. The Morgan fingerprint density at radius 3 is 2.62 bits per heavy atom. The number of rotatable bonds is 8. The van der Waals surface area contributed by atoms with Crippen LogP contribution < -0.4 is 10.3 Å². The molecule has 4 aromatic rings. The molecule has 0 aliphatic carbocycles. The van der Waals surface area contributed by atoms with Crippen LogP contribution in [0.4, 0.5) is 0 Å². The van der Waals surface area contributed by atoms with Gasteiger partial charge in [0.1, 0.15) is 12.4 Å². The van der Waals surface area contributed by atoms with Crippen LogP contribution in [0.3, 0.4) is 0 Å². The van der Waals surface area contributed by atoms with Crippen molar-refractivity contribution in [3.63, 3.8) is 0 Å². The van der Waals surface area contributed by atoms with Crippen LogP contribution in [0.2, 0.25) is 5.02 Å². The second-order valence-corrected chi connectivity index (χ2v) is 9.98. The smallest absolute Gasteiger partial charge is 0.339 e. The van der Waals surface area contributed by atoms with E-state index in [0.717, 1.165) is 45.5 Å². The van der Waals surface area contributed by atoms with Crippen molar-refractivity contribution < 1.29 is 14.3 Å². The maximum atomic E-state index is 12.6. The Bertz CT molecular complexity index is 1390. The van der Waals surface area contributed by atoms with Crippen molar-refractivity contribution in [2.45, 2.75) is 33.4 Å². The standard InChI is InChI=1S/C27H26ClNO4S/c1-17(2)11-12-29-26(30)22-9-8-21(15-25(22)34-29)33-16-18-5-4-6-19(13-18)20-7-10-24(28)23(14-20)27(31)32-3/h4-10,13-15,17H,11-12,16H2,1-3H3. The van der Waals surface area contributed by atoms with Gasteiger partial charge in [-0.3, -0.25) is 8.75 Å². The van der Waals surface area contributed by atoms with Crippen LogP contribution >= 0.6 is 23.1 Å². The Morgan fingerprint density at radius 1 is 1.06 bits per heavy atom. The van der Waals surface area contributed by atoms with Crippen LogP contribution in [0.25, 0.3) is 21.2 Å². The van der Waals surface area contributed by atoms with Gasteiger partial charge in [0.2, 0.25) is 0 Å². The van der Waals surface area contributed by atoms with E-state index in [0.29, 0.717) is 23.1 Å². The molecule has 34 heavy (non-hydrogen) atoms. The number of fused-ring (bicyclic) bond motifs is 1. The van der Waals surface area contributed by atoms with Crippen molar-refractivity contribution in [2.24, 2.45) is 5.92 Å². The topological polar surface area (TPSA) is 57.5 Å². The fourth-order valence-corrected chi connectivity index (χ4v) is 4.87. The van der Waals surface area contributed by atoms with Gasteiger partial charge < -0.3 is 9.47 Å². The molecule has 3 aromatic carbocycles. The third-order valence-corrected chi connectivity index (χ3v) is 7.00. The Kier molecular flexibility index (Phi) is 7.39. The molecule has 0 atom stereocenters. The first-order chi connectivity index (χ1) is 16.4. The number of nitrogens with zero attached hydrogens (tertiary/aromatic N) is 1. The number of halogens is 1. The Labute approximate surface area is 207 Å². The first-order valence-electron chi connectivity index (χ1n) is 11.1. The van der Waals surface area contributed by atoms with Crippen molar-refractivity contribution in [1.82, 2.24) is 3.96 Å². The van der Waals surface area contributed by atoms with Crippen molar-refractivity contribution in [3.8, 4) is 16.9 Å². The lowest BCUT2D eigenvalue weighted by Crippen LogP contribution is -2.13. The molecule has 1 heterocycles. The van der Waals surface area contributed by atoms with Gasteiger partial charge in [-0.2, -0.15) is 0 Å². The summed E-state index contributed by atoms with van der Waals surface area (Å²) in [5.41, 5.74) is 3.18.